The second-order valence-electron chi connectivity index (χ2n) is 7.22. The number of nitrogens with zero attached hydrogens (tertiary/aromatic N) is 1. The van der Waals surface area contributed by atoms with Gasteiger partial charge in [-0.25, -0.2) is 4.39 Å². The Balaban J connectivity index is 1.61. The molecule has 1 saturated carbocycles. The van der Waals surface area contributed by atoms with E-state index >= 15 is 0 Å². The van der Waals surface area contributed by atoms with Crippen LogP contribution in [0.4, 0.5) is 4.39 Å². The Morgan fingerprint density at radius 3 is 2.59 bits per heavy atom. The van der Waals surface area contributed by atoms with E-state index < -0.39 is 23.7 Å². The van der Waals surface area contributed by atoms with Gasteiger partial charge < -0.3 is 15.0 Å². The highest BCUT2D eigenvalue weighted by Crippen LogP contribution is 2.21. The predicted octanol–water partition coefficient (Wildman–Crippen LogP) is 1.91. The standard InChI is InChI=1S/C20H24FN3O4S/c21-14-8-6-13(7-9-14)18(26)23-20(29)24-11-10-22-19(27)16(24)12-17(25)28-15-4-2-1-3-5-15/h6-9,15-16H,1-5,10-12H2,(H,22,27)(H,23,26,29). The molecule has 1 aromatic carbocycles. The van der Waals surface area contributed by atoms with Gasteiger partial charge >= 0.3 is 5.97 Å². The SMILES string of the molecule is O=C(CC1C(=O)NCCN1C(=S)NC(=O)c1ccc(F)cc1)OC1CCCCC1. The maximum Gasteiger partial charge on any atom is 0.308 e. The van der Waals surface area contributed by atoms with E-state index in [0.29, 0.717) is 13.1 Å². The molecule has 9 heteroatoms. The largest absolute Gasteiger partial charge is 0.462 e. The third kappa shape index (κ3) is 5.72. The summed E-state index contributed by atoms with van der Waals surface area (Å²) in [7, 11) is 0. The van der Waals surface area contributed by atoms with Crippen LogP contribution >= 0.6 is 12.2 Å². The number of esters is 1. The lowest BCUT2D eigenvalue weighted by Gasteiger charge is -2.36. The lowest BCUT2D eigenvalue weighted by Crippen LogP contribution is -2.60. The highest BCUT2D eigenvalue weighted by Gasteiger charge is 2.35. The summed E-state index contributed by atoms with van der Waals surface area (Å²) in [5.74, 6) is -1.75. The molecule has 1 heterocycles. The number of carbonyl (C=O) groups excluding carboxylic acids is 3. The van der Waals surface area contributed by atoms with Crippen LogP contribution in [-0.4, -0.2) is 53.0 Å². The van der Waals surface area contributed by atoms with Crippen molar-refractivity contribution >= 4 is 35.1 Å². The minimum Gasteiger partial charge on any atom is -0.462 e. The van der Waals surface area contributed by atoms with Crippen LogP contribution in [0.15, 0.2) is 24.3 Å². The molecule has 0 spiro atoms. The van der Waals surface area contributed by atoms with Crippen molar-refractivity contribution in [3.63, 3.8) is 0 Å². The molecule has 1 saturated heterocycles. The lowest BCUT2D eigenvalue weighted by molar-refractivity contribution is -0.153. The normalized spacial score (nSPS) is 20.0. The Bertz CT molecular complexity index is 780. The summed E-state index contributed by atoms with van der Waals surface area (Å²) in [5.41, 5.74) is 0.239. The topological polar surface area (TPSA) is 87.7 Å². The average molecular weight is 421 g/mol. The number of piperazine rings is 1. The van der Waals surface area contributed by atoms with Crippen molar-refractivity contribution in [1.29, 1.82) is 0 Å². The molecule has 1 aromatic rings. The highest BCUT2D eigenvalue weighted by molar-refractivity contribution is 7.80. The molecular formula is C20H24FN3O4S. The lowest BCUT2D eigenvalue weighted by atomic mass is 9.98. The van der Waals surface area contributed by atoms with Crippen molar-refractivity contribution in [2.45, 2.75) is 50.7 Å². The molecular weight excluding hydrogens is 397 g/mol. The monoisotopic (exact) mass is 421 g/mol. The minimum atomic E-state index is -0.846. The van der Waals surface area contributed by atoms with E-state index in [0.717, 1.165) is 32.1 Å². The Kier molecular flexibility index (Phi) is 7.13. The summed E-state index contributed by atoms with van der Waals surface area (Å²) in [4.78, 5) is 38.6. The van der Waals surface area contributed by atoms with Crippen LogP contribution in [0.1, 0.15) is 48.9 Å². The number of benzene rings is 1. The van der Waals surface area contributed by atoms with Gasteiger partial charge in [-0.05, 0) is 62.2 Å². The average Bonchev–Trinajstić information content (AvgIpc) is 2.70. The minimum absolute atomic E-state index is 0.0460. The number of hydrogen-bond donors (Lipinski definition) is 2. The zero-order valence-electron chi connectivity index (χ0n) is 16.0. The van der Waals surface area contributed by atoms with Crippen LogP contribution in [0.25, 0.3) is 0 Å². The molecule has 2 amide bonds. The molecule has 0 bridgehead atoms. The van der Waals surface area contributed by atoms with Gasteiger partial charge in [0.05, 0.1) is 6.42 Å². The van der Waals surface area contributed by atoms with Crippen molar-refractivity contribution in [1.82, 2.24) is 15.5 Å². The van der Waals surface area contributed by atoms with E-state index in [1.54, 1.807) is 0 Å². The molecule has 3 rings (SSSR count). The molecule has 0 radical (unpaired) electrons. The molecule has 2 N–H and O–H groups in total. The van der Waals surface area contributed by atoms with Crippen molar-refractivity contribution in [2.75, 3.05) is 13.1 Å². The van der Waals surface area contributed by atoms with E-state index in [1.165, 1.54) is 29.2 Å². The summed E-state index contributed by atoms with van der Waals surface area (Å²) < 4.78 is 18.6. The van der Waals surface area contributed by atoms with Gasteiger partial charge in [0.1, 0.15) is 18.0 Å². The van der Waals surface area contributed by atoms with Gasteiger partial charge in [-0.2, -0.15) is 0 Å². The fraction of sp³-hybridized carbons (Fsp3) is 0.500. The first kappa shape index (κ1) is 21.2. The molecule has 1 atom stereocenters. The van der Waals surface area contributed by atoms with Crippen LogP contribution in [0.3, 0.4) is 0 Å². The second kappa shape index (κ2) is 9.78. The molecule has 1 aliphatic heterocycles. The number of halogens is 1. The first-order chi connectivity index (χ1) is 13.9. The number of ether oxygens (including phenoxy) is 1. The molecule has 2 fully saturated rings. The smallest absolute Gasteiger partial charge is 0.308 e. The zero-order valence-corrected chi connectivity index (χ0v) is 16.8. The zero-order chi connectivity index (χ0) is 20.8. The van der Waals surface area contributed by atoms with Gasteiger partial charge in [-0.1, -0.05) is 6.42 Å². The van der Waals surface area contributed by atoms with Gasteiger partial charge in [0.25, 0.3) is 5.91 Å². The number of rotatable bonds is 4. The molecule has 29 heavy (non-hydrogen) atoms. The third-order valence-corrected chi connectivity index (χ3v) is 5.47. The highest BCUT2D eigenvalue weighted by atomic mass is 32.1. The number of hydrogen-bond acceptors (Lipinski definition) is 5. The van der Waals surface area contributed by atoms with E-state index in [1.807, 2.05) is 0 Å². The molecule has 2 aliphatic rings. The summed E-state index contributed by atoms with van der Waals surface area (Å²) in [6.45, 7) is 0.704. The van der Waals surface area contributed by atoms with Crippen LogP contribution in [0.5, 0.6) is 0 Å². The first-order valence-corrected chi connectivity index (χ1v) is 10.2. The Morgan fingerprint density at radius 2 is 1.90 bits per heavy atom. The molecule has 0 aromatic heterocycles. The van der Waals surface area contributed by atoms with Crippen molar-refractivity contribution in [3.05, 3.63) is 35.6 Å². The van der Waals surface area contributed by atoms with Gasteiger partial charge in [0, 0.05) is 18.7 Å². The van der Waals surface area contributed by atoms with E-state index in [2.05, 4.69) is 10.6 Å². The maximum absolute atomic E-state index is 13.0. The Hall–Kier alpha value is -2.55. The molecule has 1 unspecified atom stereocenters. The molecule has 1 aliphatic carbocycles. The van der Waals surface area contributed by atoms with Crippen LogP contribution in [0.2, 0.25) is 0 Å². The van der Waals surface area contributed by atoms with Crippen LogP contribution in [-0.2, 0) is 14.3 Å². The van der Waals surface area contributed by atoms with Crippen LogP contribution in [0, 0.1) is 5.82 Å². The fourth-order valence-corrected chi connectivity index (χ4v) is 3.89. The van der Waals surface area contributed by atoms with E-state index in [-0.39, 0.29) is 29.1 Å². The fourth-order valence-electron chi connectivity index (χ4n) is 3.58. The second-order valence-corrected chi connectivity index (χ2v) is 7.61. The van der Waals surface area contributed by atoms with E-state index in [4.69, 9.17) is 17.0 Å². The van der Waals surface area contributed by atoms with Crippen molar-refractivity contribution in [2.24, 2.45) is 0 Å². The summed E-state index contributed by atoms with van der Waals surface area (Å²) in [5, 5.41) is 5.32. The quantitative estimate of drug-likeness (QED) is 0.570. The third-order valence-electron chi connectivity index (χ3n) is 5.13. The summed E-state index contributed by atoms with van der Waals surface area (Å²) in [6, 6.07) is 4.19. The number of thiocarbonyl (C=S) groups is 1. The van der Waals surface area contributed by atoms with Crippen molar-refractivity contribution < 1.29 is 23.5 Å². The van der Waals surface area contributed by atoms with Gasteiger partial charge in [0.2, 0.25) is 5.91 Å². The number of amides is 2. The molecule has 7 nitrogen and oxygen atoms in total. The van der Waals surface area contributed by atoms with E-state index in [9.17, 15) is 18.8 Å². The molecule has 156 valence electrons. The van der Waals surface area contributed by atoms with Gasteiger partial charge in [-0.15, -0.1) is 0 Å². The maximum atomic E-state index is 13.0. The summed E-state index contributed by atoms with van der Waals surface area (Å²) >= 11 is 5.31. The Morgan fingerprint density at radius 1 is 1.21 bits per heavy atom. The predicted molar refractivity (Wildman–Crippen MR) is 108 cm³/mol. The number of nitrogens with one attached hydrogen (secondary N) is 2. The van der Waals surface area contributed by atoms with Gasteiger partial charge in [-0.3, -0.25) is 19.7 Å². The van der Waals surface area contributed by atoms with Gasteiger partial charge in [0.15, 0.2) is 5.11 Å². The Labute approximate surface area is 174 Å². The van der Waals surface area contributed by atoms with Crippen molar-refractivity contribution in [3.8, 4) is 0 Å². The van der Waals surface area contributed by atoms with Crippen LogP contribution < -0.4 is 10.6 Å². The first-order valence-electron chi connectivity index (χ1n) is 9.79. The number of carbonyl (C=O) groups is 3. The summed E-state index contributed by atoms with van der Waals surface area (Å²) in [6.07, 6.45) is 4.67.